The molecule has 0 aliphatic rings. The van der Waals surface area contributed by atoms with Crippen LogP contribution >= 0.6 is 0 Å². The average molecular weight is 285 g/mol. The van der Waals surface area contributed by atoms with Crippen molar-refractivity contribution in [2.24, 2.45) is 7.05 Å². The van der Waals surface area contributed by atoms with E-state index < -0.39 is 11.6 Å². The largest absolute Gasteiger partial charge is 0.383 e. The first-order valence-corrected chi connectivity index (χ1v) is 6.40. The summed E-state index contributed by atoms with van der Waals surface area (Å²) in [5, 5.41) is 4.06. The molecule has 2 aromatic carbocycles. The molecule has 0 radical (unpaired) electrons. The lowest BCUT2D eigenvalue weighted by atomic mass is 9.99. The number of benzene rings is 2. The molecule has 0 saturated carbocycles. The second-order valence-corrected chi connectivity index (χ2v) is 4.74. The van der Waals surface area contributed by atoms with Gasteiger partial charge in [0.25, 0.3) is 0 Å². The van der Waals surface area contributed by atoms with Gasteiger partial charge in [-0.3, -0.25) is 4.68 Å². The van der Waals surface area contributed by atoms with Crippen molar-refractivity contribution in [1.29, 1.82) is 0 Å². The lowest BCUT2D eigenvalue weighted by Gasteiger charge is -2.08. The maximum Gasteiger partial charge on any atom is 0.131 e. The summed E-state index contributed by atoms with van der Waals surface area (Å²) in [5.41, 5.74) is 7.73. The molecule has 0 atom stereocenters. The normalized spacial score (nSPS) is 10.8. The van der Waals surface area contributed by atoms with E-state index >= 15 is 0 Å². The van der Waals surface area contributed by atoms with Crippen LogP contribution in [0.1, 0.15) is 0 Å². The highest BCUT2D eigenvalue weighted by molar-refractivity contribution is 5.78. The third-order valence-corrected chi connectivity index (χ3v) is 3.43. The summed E-state index contributed by atoms with van der Waals surface area (Å²) in [4.78, 5) is 0. The number of halogens is 2. The van der Waals surface area contributed by atoms with Gasteiger partial charge in [0.05, 0.1) is 6.20 Å². The van der Waals surface area contributed by atoms with Crippen LogP contribution in [0.4, 0.5) is 14.6 Å². The Kier molecular flexibility index (Phi) is 3.17. The van der Waals surface area contributed by atoms with Crippen LogP contribution in [-0.2, 0) is 7.05 Å². The lowest BCUT2D eigenvalue weighted by molar-refractivity contribution is 0.616. The van der Waals surface area contributed by atoms with Gasteiger partial charge in [0.2, 0.25) is 0 Å². The smallest absolute Gasteiger partial charge is 0.131 e. The number of rotatable bonds is 2. The highest BCUT2D eigenvalue weighted by Crippen LogP contribution is 2.32. The zero-order valence-corrected chi connectivity index (χ0v) is 11.3. The van der Waals surface area contributed by atoms with E-state index in [-0.39, 0.29) is 11.1 Å². The third kappa shape index (κ3) is 2.27. The van der Waals surface area contributed by atoms with Gasteiger partial charge in [-0.05, 0) is 23.8 Å². The van der Waals surface area contributed by atoms with Gasteiger partial charge in [0.1, 0.15) is 17.5 Å². The molecule has 5 heteroatoms. The van der Waals surface area contributed by atoms with Gasteiger partial charge in [0.15, 0.2) is 0 Å². The van der Waals surface area contributed by atoms with Crippen LogP contribution in [0.25, 0.3) is 22.3 Å². The van der Waals surface area contributed by atoms with Gasteiger partial charge < -0.3 is 5.73 Å². The first kappa shape index (κ1) is 13.3. The molecule has 3 nitrogen and oxygen atoms in total. The molecule has 0 unspecified atom stereocenters. The molecule has 0 bridgehead atoms. The number of hydrogen-bond donors (Lipinski definition) is 1. The number of nitrogens with two attached hydrogens (primary N) is 1. The van der Waals surface area contributed by atoms with Crippen LogP contribution in [0.2, 0.25) is 0 Å². The highest BCUT2D eigenvalue weighted by atomic mass is 19.1. The van der Waals surface area contributed by atoms with Gasteiger partial charge >= 0.3 is 0 Å². The van der Waals surface area contributed by atoms with Gasteiger partial charge in [-0.2, -0.15) is 5.10 Å². The van der Waals surface area contributed by atoms with Gasteiger partial charge in [-0.1, -0.05) is 24.3 Å². The molecule has 2 N–H and O–H groups in total. The Bertz CT molecular complexity index is 809. The van der Waals surface area contributed by atoms with Gasteiger partial charge in [-0.25, -0.2) is 8.78 Å². The van der Waals surface area contributed by atoms with Crippen LogP contribution < -0.4 is 5.73 Å². The van der Waals surface area contributed by atoms with Crippen molar-refractivity contribution in [1.82, 2.24) is 9.78 Å². The maximum absolute atomic E-state index is 14.0. The molecule has 106 valence electrons. The lowest BCUT2D eigenvalue weighted by Crippen LogP contribution is -1.98. The molecule has 0 fully saturated rings. The number of aromatic nitrogens is 2. The standard InChI is InChI=1S/C16H13F2N3/c1-21-16(19)13(9-20-21)10-6-7-15(18)12(8-10)11-4-2-3-5-14(11)17/h2-9H,19H2,1H3. The molecule has 0 aliphatic carbocycles. The SMILES string of the molecule is Cn1ncc(-c2ccc(F)c(-c3ccccc3F)c2)c1N. The first-order chi connectivity index (χ1) is 10.1. The fourth-order valence-corrected chi connectivity index (χ4v) is 2.25. The molecule has 21 heavy (non-hydrogen) atoms. The second kappa shape index (κ2) is 5.01. The van der Waals surface area contributed by atoms with Crippen LogP contribution in [-0.4, -0.2) is 9.78 Å². The van der Waals surface area contributed by atoms with Crippen molar-refractivity contribution in [2.75, 3.05) is 5.73 Å². The van der Waals surface area contributed by atoms with Crippen molar-refractivity contribution < 1.29 is 8.78 Å². The van der Waals surface area contributed by atoms with Gasteiger partial charge in [0, 0.05) is 23.7 Å². The Morgan fingerprint density at radius 2 is 1.67 bits per heavy atom. The molecule has 0 spiro atoms. The van der Waals surface area contributed by atoms with Gasteiger partial charge in [-0.15, -0.1) is 0 Å². The second-order valence-electron chi connectivity index (χ2n) is 4.74. The van der Waals surface area contributed by atoms with E-state index in [4.69, 9.17) is 5.73 Å². The van der Waals surface area contributed by atoms with Crippen LogP contribution in [0.5, 0.6) is 0 Å². The van der Waals surface area contributed by atoms with E-state index in [0.717, 1.165) is 0 Å². The summed E-state index contributed by atoms with van der Waals surface area (Å²) >= 11 is 0. The molecule has 1 heterocycles. The van der Waals surface area contributed by atoms with Crippen molar-refractivity contribution in [3.05, 3.63) is 60.3 Å². The fraction of sp³-hybridized carbons (Fsp3) is 0.0625. The van der Waals surface area contributed by atoms with Crippen molar-refractivity contribution >= 4 is 5.82 Å². The monoisotopic (exact) mass is 285 g/mol. The minimum atomic E-state index is -0.480. The van der Waals surface area contributed by atoms with Crippen LogP contribution in [0.3, 0.4) is 0 Å². The molecule has 0 aliphatic heterocycles. The molecule has 1 aromatic heterocycles. The van der Waals surface area contributed by atoms with E-state index in [1.807, 2.05) is 0 Å². The number of hydrogen-bond acceptors (Lipinski definition) is 2. The zero-order chi connectivity index (χ0) is 15.0. The predicted octanol–water partition coefficient (Wildman–Crippen LogP) is 3.61. The van der Waals surface area contributed by atoms with Crippen LogP contribution in [0.15, 0.2) is 48.7 Å². The van der Waals surface area contributed by atoms with E-state index in [9.17, 15) is 8.78 Å². The Morgan fingerprint density at radius 3 is 2.33 bits per heavy atom. The fourth-order valence-electron chi connectivity index (χ4n) is 2.25. The summed E-state index contributed by atoms with van der Waals surface area (Å²) in [6.07, 6.45) is 1.60. The van der Waals surface area contributed by atoms with Crippen LogP contribution in [0, 0.1) is 11.6 Å². The number of nitrogen functional groups attached to an aromatic ring is 1. The Labute approximate surface area is 120 Å². The summed E-state index contributed by atoms with van der Waals surface area (Å²) in [6.45, 7) is 0. The van der Waals surface area contributed by atoms with Crippen molar-refractivity contribution in [3.8, 4) is 22.3 Å². The Hall–Kier alpha value is -2.69. The molecule has 3 rings (SSSR count). The van der Waals surface area contributed by atoms with Crippen molar-refractivity contribution in [3.63, 3.8) is 0 Å². The average Bonchev–Trinajstić information content (AvgIpc) is 2.81. The predicted molar refractivity (Wildman–Crippen MR) is 78.4 cm³/mol. The molecule has 0 saturated heterocycles. The Morgan fingerprint density at radius 1 is 0.952 bits per heavy atom. The minimum absolute atomic E-state index is 0.203. The summed E-state index contributed by atoms with van der Waals surface area (Å²) in [7, 11) is 1.72. The number of anilines is 1. The topological polar surface area (TPSA) is 43.8 Å². The summed E-state index contributed by atoms with van der Waals surface area (Å²) < 4.78 is 29.4. The molecule has 3 aromatic rings. The van der Waals surface area contributed by atoms with E-state index in [0.29, 0.717) is 16.9 Å². The molecular formula is C16H13F2N3. The summed E-state index contributed by atoms with van der Waals surface area (Å²) in [6, 6.07) is 10.6. The molecular weight excluding hydrogens is 272 g/mol. The first-order valence-electron chi connectivity index (χ1n) is 6.40. The third-order valence-electron chi connectivity index (χ3n) is 3.43. The van der Waals surface area contributed by atoms with E-state index in [1.54, 1.807) is 43.6 Å². The summed E-state index contributed by atoms with van der Waals surface area (Å²) in [5.74, 6) is -0.472. The maximum atomic E-state index is 14.0. The van der Waals surface area contributed by atoms with E-state index in [2.05, 4.69) is 5.10 Å². The highest BCUT2D eigenvalue weighted by Gasteiger charge is 2.13. The Balaban J connectivity index is 2.18. The number of aryl methyl sites for hydroxylation is 1. The minimum Gasteiger partial charge on any atom is -0.383 e. The van der Waals surface area contributed by atoms with Crippen molar-refractivity contribution in [2.45, 2.75) is 0 Å². The van der Waals surface area contributed by atoms with E-state index in [1.165, 1.54) is 16.8 Å². The molecule has 0 amide bonds. The number of nitrogens with zero attached hydrogens (tertiary/aromatic N) is 2. The zero-order valence-electron chi connectivity index (χ0n) is 11.3. The quantitative estimate of drug-likeness (QED) is 0.781.